The zero-order valence-corrected chi connectivity index (χ0v) is 11.4. The number of carbonyl (C=O) groups is 1. The Balaban J connectivity index is 1.94. The highest BCUT2D eigenvalue weighted by Gasteiger charge is 2.27. The molecule has 2 aromatic heterocycles. The van der Waals surface area contributed by atoms with Gasteiger partial charge in [-0.15, -0.1) is 0 Å². The van der Waals surface area contributed by atoms with E-state index in [4.69, 9.17) is 5.73 Å². The molecule has 0 aliphatic carbocycles. The molecule has 1 fully saturated rings. The molecule has 3 rings (SSSR count). The quantitative estimate of drug-likeness (QED) is 0.888. The normalized spacial score (nSPS) is 20.1. The lowest BCUT2D eigenvalue weighted by atomic mass is 10.1. The molecule has 6 nitrogen and oxygen atoms in total. The summed E-state index contributed by atoms with van der Waals surface area (Å²) < 4.78 is 1.68. The lowest BCUT2D eigenvalue weighted by Crippen LogP contribution is -2.44. The third kappa shape index (κ3) is 2.27. The van der Waals surface area contributed by atoms with Crippen LogP contribution in [0.1, 0.15) is 36.0 Å². The first-order valence-corrected chi connectivity index (χ1v) is 7.09. The Morgan fingerprint density at radius 1 is 1.35 bits per heavy atom. The van der Waals surface area contributed by atoms with Gasteiger partial charge in [0.25, 0.3) is 5.91 Å². The molecule has 0 bridgehead atoms. The molecule has 106 valence electrons. The molecule has 3 heterocycles. The maximum atomic E-state index is 12.8. The molecule has 1 saturated heterocycles. The Bertz CT molecular complexity index is 608. The van der Waals surface area contributed by atoms with Gasteiger partial charge >= 0.3 is 0 Å². The van der Waals surface area contributed by atoms with Crippen molar-refractivity contribution < 1.29 is 4.79 Å². The van der Waals surface area contributed by atoms with E-state index in [1.165, 1.54) is 0 Å². The predicted molar refractivity (Wildman–Crippen MR) is 75.3 cm³/mol. The molecule has 2 N–H and O–H groups in total. The molecule has 0 saturated carbocycles. The fourth-order valence-electron chi connectivity index (χ4n) is 2.84. The van der Waals surface area contributed by atoms with Crippen molar-refractivity contribution in [2.75, 3.05) is 13.1 Å². The van der Waals surface area contributed by atoms with Crippen LogP contribution in [-0.4, -0.2) is 44.5 Å². The fraction of sp³-hybridized carbons (Fsp3) is 0.500. The van der Waals surface area contributed by atoms with Gasteiger partial charge in [0.1, 0.15) is 0 Å². The number of likely N-dealkylation sites (tertiary alicyclic amines) is 1. The monoisotopic (exact) mass is 273 g/mol. The fourth-order valence-corrected chi connectivity index (χ4v) is 2.84. The molecule has 1 aliphatic rings. The van der Waals surface area contributed by atoms with Crippen LogP contribution in [0.2, 0.25) is 0 Å². The van der Waals surface area contributed by atoms with Crippen LogP contribution in [0.25, 0.3) is 5.52 Å². The van der Waals surface area contributed by atoms with E-state index in [1.807, 2.05) is 4.90 Å². The van der Waals surface area contributed by atoms with Crippen molar-refractivity contribution in [2.24, 2.45) is 5.73 Å². The van der Waals surface area contributed by atoms with E-state index in [1.54, 1.807) is 29.3 Å². The van der Waals surface area contributed by atoms with E-state index < -0.39 is 0 Å². The number of hydrogen-bond donors (Lipinski definition) is 1. The summed E-state index contributed by atoms with van der Waals surface area (Å²) in [6.45, 7) is 1.29. The van der Waals surface area contributed by atoms with Gasteiger partial charge in [-0.2, -0.15) is 5.10 Å². The van der Waals surface area contributed by atoms with Crippen molar-refractivity contribution in [1.82, 2.24) is 19.5 Å². The highest BCUT2D eigenvalue weighted by Crippen LogP contribution is 2.20. The number of rotatable bonds is 2. The minimum absolute atomic E-state index is 0.0188. The van der Waals surface area contributed by atoms with Crippen molar-refractivity contribution >= 4 is 11.4 Å². The lowest BCUT2D eigenvalue weighted by molar-refractivity contribution is 0.0691. The average Bonchev–Trinajstić information content (AvgIpc) is 2.76. The van der Waals surface area contributed by atoms with Crippen molar-refractivity contribution in [3.63, 3.8) is 0 Å². The van der Waals surface area contributed by atoms with Gasteiger partial charge in [-0.3, -0.25) is 9.78 Å². The predicted octanol–water partition coefficient (Wildman–Crippen LogP) is 1.07. The minimum atomic E-state index is 0.0188. The smallest absolute Gasteiger partial charge is 0.258 e. The molecule has 1 atom stereocenters. The molecule has 0 radical (unpaired) electrons. The van der Waals surface area contributed by atoms with Crippen LogP contribution >= 0.6 is 0 Å². The highest BCUT2D eigenvalue weighted by atomic mass is 16.2. The van der Waals surface area contributed by atoms with Crippen molar-refractivity contribution in [1.29, 1.82) is 0 Å². The minimum Gasteiger partial charge on any atom is -0.334 e. The summed E-state index contributed by atoms with van der Waals surface area (Å²) in [5.74, 6) is 0.0188. The number of fused-ring (bicyclic) bond motifs is 1. The molecule has 20 heavy (non-hydrogen) atoms. The summed E-state index contributed by atoms with van der Waals surface area (Å²) in [5, 5.41) is 4.21. The summed E-state index contributed by atoms with van der Waals surface area (Å²) in [6, 6.07) is 0.136. The maximum absolute atomic E-state index is 12.8. The van der Waals surface area contributed by atoms with Gasteiger partial charge in [0.05, 0.1) is 23.5 Å². The number of aromatic nitrogens is 3. The van der Waals surface area contributed by atoms with Crippen LogP contribution in [0.5, 0.6) is 0 Å². The molecule has 0 spiro atoms. The Hall–Kier alpha value is -1.95. The zero-order valence-electron chi connectivity index (χ0n) is 11.4. The summed E-state index contributed by atoms with van der Waals surface area (Å²) in [4.78, 5) is 18.8. The lowest BCUT2D eigenvalue weighted by Gasteiger charge is -2.28. The molecule has 1 amide bonds. The SMILES string of the molecule is NCC1CCCCCN1C(=O)c1cnn2ccncc12. The Kier molecular flexibility index (Phi) is 3.64. The van der Waals surface area contributed by atoms with Gasteiger partial charge in [0.15, 0.2) is 0 Å². The molecular weight excluding hydrogens is 254 g/mol. The molecule has 2 aromatic rings. The van der Waals surface area contributed by atoms with Crippen molar-refractivity contribution in [2.45, 2.75) is 31.7 Å². The first kappa shape index (κ1) is 13.1. The Labute approximate surface area is 117 Å². The second kappa shape index (κ2) is 5.58. The number of carbonyl (C=O) groups excluding carboxylic acids is 1. The van der Waals surface area contributed by atoms with E-state index in [2.05, 4.69) is 10.1 Å². The van der Waals surface area contributed by atoms with Crippen LogP contribution < -0.4 is 5.73 Å². The zero-order chi connectivity index (χ0) is 13.9. The van der Waals surface area contributed by atoms with Crippen LogP contribution in [0, 0.1) is 0 Å². The van der Waals surface area contributed by atoms with Crippen LogP contribution in [0.15, 0.2) is 24.8 Å². The Morgan fingerprint density at radius 2 is 2.25 bits per heavy atom. The van der Waals surface area contributed by atoms with Gasteiger partial charge in [-0.05, 0) is 12.8 Å². The van der Waals surface area contributed by atoms with Crippen LogP contribution in [0.3, 0.4) is 0 Å². The van der Waals surface area contributed by atoms with Crippen molar-refractivity contribution in [3.8, 4) is 0 Å². The third-order valence-corrected chi connectivity index (χ3v) is 3.97. The number of hydrogen-bond acceptors (Lipinski definition) is 4. The number of nitrogens with zero attached hydrogens (tertiary/aromatic N) is 4. The molecule has 6 heteroatoms. The molecular formula is C14H19N5O. The van der Waals surface area contributed by atoms with E-state index >= 15 is 0 Å². The maximum Gasteiger partial charge on any atom is 0.258 e. The summed E-state index contributed by atoms with van der Waals surface area (Å²) in [5.41, 5.74) is 7.20. The van der Waals surface area contributed by atoms with Gasteiger partial charge in [-0.1, -0.05) is 12.8 Å². The van der Waals surface area contributed by atoms with Gasteiger partial charge in [0, 0.05) is 31.5 Å². The van der Waals surface area contributed by atoms with Crippen molar-refractivity contribution in [3.05, 3.63) is 30.4 Å². The largest absolute Gasteiger partial charge is 0.334 e. The van der Waals surface area contributed by atoms with Crippen LogP contribution in [-0.2, 0) is 0 Å². The number of nitrogens with two attached hydrogens (primary N) is 1. The molecule has 1 aliphatic heterocycles. The molecule has 1 unspecified atom stereocenters. The van der Waals surface area contributed by atoms with Gasteiger partial charge in [0.2, 0.25) is 0 Å². The number of amides is 1. The average molecular weight is 273 g/mol. The third-order valence-electron chi connectivity index (χ3n) is 3.97. The summed E-state index contributed by atoms with van der Waals surface area (Å²) >= 11 is 0. The second-order valence-corrected chi connectivity index (χ2v) is 5.20. The first-order valence-electron chi connectivity index (χ1n) is 7.09. The molecule has 0 aromatic carbocycles. The van der Waals surface area contributed by atoms with E-state index in [-0.39, 0.29) is 11.9 Å². The van der Waals surface area contributed by atoms with Gasteiger partial charge < -0.3 is 10.6 Å². The summed E-state index contributed by atoms with van der Waals surface area (Å²) in [6.07, 6.45) is 11.0. The second-order valence-electron chi connectivity index (χ2n) is 5.20. The Morgan fingerprint density at radius 3 is 3.10 bits per heavy atom. The van der Waals surface area contributed by atoms with E-state index in [9.17, 15) is 4.79 Å². The first-order chi connectivity index (χ1) is 9.81. The van der Waals surface area contributed by atoms with E-state index in [0.717, 1.165) is 37.7 Å². The van der Waals surface area contributed by atoms with E-state index in [0.29, 0.717) is 12.1 Å². The summed E-state index contributed by atoms with van der Waals surface area (Å²) in [7, 11) is 0. The van der Waals surface area contributed by atoms with Crippen LogP contribution in [0.4, 0.5) is 0 Å². The topological polar surface area (TPSA) is 76.5 Å². The standard InChI is InChI=1S/C14H19N5O/c15-8-11-4-2-1-3-6-18(11)14(20)12-9-17-19-7-5-16-10-13(12)19/h5,7,9-11H,1-4,6,8,15H2. The van der Waals surface area contributed by atoms with Gasteiger partial charge in [-0.25, -0.2) is 4.52 Å². The highest BCUT2D eigenvalue weighted by molar-refractivity contribution is 6.00.